The van der Waals surface area contributed by atoms with E-state index in [1.54, 1.807) is 18.2 Å². The number of likely N-dealkylation sites (tertiary alicyclic amines) is 1. The predicted molar refractivity (Wildman–Crippen MR) is 74.9 cm³/mol. The van der Waals surface area contributed by atoms with Gasteiger partial charge in [-0.3, -0.25) is 4.79 Å². The molecule has 1 aliphatic heterocycles. The topological polar surface area (TPSA) is 46.3 Å². The van der Waals surface area contributed by atoms with Crippen LogP contribution in [-0.2, 0) is 0 Å². The van der Waals surface area contributed by atoms with Crippen molar-refractivity contribution in [3.8, 4) is 0 Å². The SMILES string of the molecule is Nc1cccc(C(=O)N2CCCCCCC2)c1Cl. The number of halogens is 1. The molecule has 1 saturated heterocycles. The summed E-state index contributed by atoms with van der Waals surface area (Å²) in [6.07, 6.45) is 5.83. The van der Waals surface area contributed by atoms with E-state index in [0.29, 0.717) is 16.3 Å². The van der Waals surface area contributed by atoms with Gasteiger partial charge in [-0.2, -0.15) is 0 Å². The van der Waals surface area contributed by atoms with E-state index in [1.165, 1.54) is 19.3 Å². The highest BCUT2D eigenvalue weighted by atomic mass is 35.5. The van der Waals surface area contributed by atoms with Crippen molar-refractivity contribution in [3.63, 3.8) is 0 Å². The molecule has 3 nitrogen and oxygen atoms in total. The molecule has 18 heavy (non-hydrogen) atoms. The molecule has 0 saturated carbocycles. The molecule has 0 bridgehead atoms. The Balaban J connectivity index is 2.16. The number of nitrogen functional groups attached to an aromatic ring is 1. The highest BCUT2D eigenvalue weighted by molar-refractivity contribution is 6.36. The third-order valence-electron chi connectivity index (χ3n) is 3.40. The molecule has 1 amide bonds. The predicted octanol–water partition coefficient (Wildman–Crippen LogP) is 3.33. The minimum atomic E-state index is 0.00852. The molecule has 0 spiro atoms. The third-order valence-corrected chi connectivity index (χ3v) is 3.82. The van der Waals surface area contributed by atoms with E-state index in [1.807, 2.05) is 4.90 Å². The quantitative estimate of drug-likeness (QED) is 0.793. The molecule has 1 aromatic carbocycles. The van der Waals surface area contributed by atoms with Crippen molar-refractivity contribution < 1.29 is 4.79 Å². The summed E-state index contributed by atoms with van der Waals surface area (Å²) in [5, 5.41) is 0.379. The first kappa shape index (κ1) is 13.2. The largest absolute Gasteiger partial charge is 0.398 e. The molecule has 1 aromatic rings. The van der Waals surface area contributed by atoms with Crippen LogP contribution in [0.25, 0.3) is 0 Å². The van der Waals surface area contributed by atoms with Crippen LogP contribution in [0.2, 0.25) is 5.02 Å². The first-order valence-corrected chi connectivity index (χ1v) is 6.91. The number of nitrogens with two attached hydrogens (primary N) is 1. The molecule has 0 unspecified atom stereocenters. The number of carbonyl (C=O) groups is 1. The van der Waals surface area contributed by atoms with Crippen molar-refractivity contribution in [1.29, 1.82) is 0 Å². The van der Waals surface area contributed by atoms with E-state index in [9.17, 15) is 4.79 Å². The summed E-state index contributed by atoms with van der Waals surface area (Å²) in [7, 11) is 0. The fraction of sp³-hybridized carbons (Fsp3) is 0.500. The van der Waals surface area contributed by atoms with Crippen LogP contribution in [-0.4, -0.2) is 23.9 Å². The zero-order valence-electron chi connectivity index (χ0n) is 10.5. The third kappa shape index (κ3) is 2.96. The van der Waals surface area contributed by atoms with Crippen molar-refractivity contribution in [3.05, 3.63) is 28.8 Å². The smallest absolute Gasteiger partial charge is 0.255 e. The van der Waals surface area contributed by atoms with Crippen LogP contribution in [0, 0.1) is 0 Å². The molecule has 0 aromatic heterocycles. The lowest BCUT2D eigenvalue weighted by Gasteiger charge is -2.25. The molecular formula is C14H19ClN2O. The molecule has 4 heteroatoms. The normalized spacial score (nSPS) is 17.1. The summed E-state index contributed by atoms with van der Waals surface area (Å²) in [6.45, 7) is 1.65. The van der Waals surface area contributed by atoms with Gasteiger partial charge in [0.05, 0.1) is 16.3 Å². The molecule has 0 atom stereocenters. The highest BCUT2D eigenvalue weighted by Crippen LogP contribution is 2.25. The molecule has 2 rings (SSSR count). The molecule has 1 aliphatic rings. The standard InChI is InChI=1S/C14H19ClN2O/c15-13-11(7-6-8-12(13)16)14(18)17-9-4-2-1-3-5-10-17/h6-8H,1-5,9-10,16H2. The Labute approximate surface area is 113 Å². The highest BCUT2D eigenvalue weighted by Gasteiger charge is 2.19. The maximum absolute atomic E-state index is 12.4. The van der Waals surface area contributed by atoms with Crippen molar-refractivity contribution in [2.24, 2.45) is 0 Å². The summed E-state index contributed by atoms with van der Waals surface area (Å²) in [5.41, 5.74) is 6.73. The van der Waals surface area contributed by atoms with E-state index in [2.05, 4.69) is 0 Å². The molecule has 0 radical (unpaired) electrons. The Morgan fingerprint density at radius 2 is 1.72 bits per heavy atom. The van der Waals surface area contributed by atoms with E-state index >= 15 is 0 Å². The molecular weight excluding hydrogens is 248 g/mol. The van der Waals surface area contributed by atoms with Gasteiger partial charge >= 0.3 is 0 Å². The van der Waals surface area contributed by atoms with Gasteiger partial charge in [-0.05, 0) is 25.0 Å². The zero-order valence-corrected chi connectivity index (χ0v) is 11.2. The van der Waals surface area contributed by atoms with Crippen molar-refractivity contribution >= 4 is 23.2 Å². The first-order chi connectivity index (χ1) is 8.70. The Bertz CT molecular complexity index is 426. The van der Waals surface area contributed by atoms with Gasteiger partial charge in [0.25, 0.3) is 5.91 Å². The van der Waals surface area contributed by atoms with E-state index in [4.69, 9.17) is 17.3 Å². The van der Waals surface area contributed by atoms with E-state index in [0.717, 1.165) is 25.9 Å². The second-order valence-corrected chi connectivity index (χ2v) is 5.15. The van der Waals surface area contributed by atoms with Crippen molar-refractivity contribution in [2.75, 3.05) is 18.8 Å². The number of benzene rings is 1. The average Bonchev–Trinajstić information content (AvgIpc) is 2.31. The Kier molecular flexibility index (Phi) is 4.48. The van der Waals surface area contributed by atoms with Crippen LogP contribution < -0.4 is 5.73 Å². The number of amides is 1. The lowest BCUT2D eigenvalue weighted by atomic mass is 10.1. The number of hydrogen-bond acceptors (Lipinski definition) is 2. The monoisotopic (exact) mass is 266 g/mol. The fourth-order valence-electron chi connectivity index (χ4n) is 2.34. The van der Waals surface area contributed by atoms with Crippen LogP contribution in [0.4, 0.5) is 5.69 Å². The van der Waals surface area contributed by atoms with Gasteiger partial charge in [-0.1, -0.05) is 36.9 Å². The van der Waals surface area contributed by atoms with E-state index < -0.39 is 0 Å². The van der Waals surface area contributed by atoms with Crippen molar-refractivity contribution in [2.45, 2.75) is 32.1 Å². The second-order valence-electron chi connectivity index (χ2n) is 4.77. The van der Waals surface area contributed by atoms with Gasteiger partial charge in [0.15, 0.2) is 0 Å². The number of hydrogen-bond donors (Lipinski definition) is 1. The van der Waals surface area contributed by atoms with Crippen LogP contribution in [0.1, 0.15) is 42.5 Å². The van der Waals surface area contributed by atoms with Gasteiger partial charge < -0.3 is 10.6 Å². The molecule has 1 heterocycles. The van der Waals surface area contributed by atoms with Crippen LogP contribution in [0.5, 0.6) is 0 Å². The van der Waals surface area contributed by atoms with Gasteiger partial charge in [0, 0.05) is 13.1 Å². The van der Waals surface area contributed by atoms with Crippen LogP contribution >= 0.6 is 11.6 Å². The average molecular weight is 267 g/mol. The Morgan fingerprint density at radius 1 is 1.11 bits per heavy atom. The van der Waals surface area contributed by atoms with Gasteiger partial charge in [-0.15, -0.1) is 0 Å². The number of rotatable bonds is 1. The maximum Gasteiger partial charge on any atom is 0.255 e. The summed E-state index contributed by atoms with van der Waals surface area (Å²) >= 11 is 6.11. The fourth-order valence-corrected chi connectivity index (χ4v) is 2.54. The Hall–Kier alpha value is -1.22. The molecule has 98 valence electrons. The number of carbonyl (C=O) groups excluding carboxylic acids is 1. The Morgan fingerprint density at radius 3 is 2.39 bits per heavy atom. The lowest BCUT2D eigenvalue weighted by Crippen LogP contribution is -2.34. The first-order valence-electron chi connectivity index (χ1n) is 6.53. The van der Waals surface area contributed by atoms with Gasteiger partial charge in [0.1, 0.15) is 0 Å². The van der Waals surface area contributed by atoms with Gasteiger partial charge in [-0.25, -0.2) is 0 Å². The second kappa shape index (κ2) is 6.10. The van der Waals surface area contributed by atoms with E-state index in [-0.39, 0.29) is 5.91 Å². The zero-order chi connectivity index (χ0) is 13.0. The maximum atomic E-state index is 12.4. The molecule has 1 fully saturated rings. The number of anilines is 1. The lowest BCUT2D eigenvalue weighted by molar-refractivity contribution is 0.0742. The minimum Gasteiger partial charge on any atom is -0.398 e. The summed E-state index contributed by atoms with van der Waals surface area (Å²) in [6, 6.07) is 5.24. The molecule has 2 N–H and O–H groups in total. The summed E-state index contributed by atoms with van der Waals surface area (Å²) < 4.78 is 0. The number of nitrogens with zero attached hydrogens (tertiary/aromatic N) is 1. The van der Waals surface area contributed by atoms with Crippen LogP contribution in [0.15, 0.2) is 18.2 Å². The molecule has 0 aliphatic carbocycles. The van der Waals surface area contributed by atoms with Crippen LogP contribution in [0.3, 0.4) is 0 Å². The van der Waals surface area contributed by atoms with Gasteiger partial charge in [0.2, 0.25) is 0 Å². The minimum absolute atomic E-state index is 0.00852. The van der Waals surface area contributed by atoms with Crippen molar-refractivity contribution in [1.82, 2.24) is 4.90 Å². The summed E-state index contributed by atoms with van der Waals surface area (Å²) in [4.78, 5) is 14.3. The summed E-state index contributed by atoms with van der Waals surface area (Å²) in [5.74, 6) is 0.00852.